The van der Waals surface area contributed by atoms with Crippen molar-refractivity contribution in [3.8, 4) is 11.1 Å². The quantitative estimate of drug-likeness (QED) is 0.805. The zero-order valence-electron chi connectivity index (χ0n) is 9.07. The number of hydrogen-bond donors (Lipinski definition) is 1. The average molecular weight is 235 g/mol. The molecule has 0 saturated heterocycles. The van der Waals surface area contributed by atoms with Crippen LogP contribution in [0.3, 0.4) is 0 Å². The Bertz CT molecular complexity index is 463. The Morgan fingerprint density at radius 2 is 2.00 bits per heavy atom. The van der Waals surface area contributed by atoms with Crippen LogP contribution in [-0.2, 0) is 12.8 Å². The second-order valence-corrected chi connectivity index (χ2v) is 4.14. The van der Waals surface area contributed by atoms with Crippen LogP contribution >= 0.6 is 12.4 Å². The molecule has 1 N–H and O–H groups in total. The Morgan fingerprint density at radius 1 is 1.12 bits per heavy atom. The van der Waals surface area contributed by atoms with Gasteiger partial charge in [-0.25, -0.2) is 0 Å². The second kappa shape index (κ2) is 4.71. The maximum Gasteiger partial charge on any atom is 0.0565 e. The van der Waals surface area contributed by atoms with Crippen molar-refractivity contribution in [2.24, 2.45) is 0 Å². The number of halogens is 1. The van der Waals surface area contributed by atoms with E-state index in [-0.39, 0.29) is 12.4 Å². The van der Waals surface area contributed by atoms with Crippen LogP contribution in [0.2, 0.25) is 0 Å². The highest BCUT2D eigenvalue weighted by atomic mass is 35.5. The molecule has 1 aliphatic carbocycles. The van der Waals surface area contributed by atoms with E-state index in [4.69, 9.17) is 0 Å². The summed E-state index contributed by atoms with van der Waals surface area (Å²) < 4.78 is 0. The van der Waals surface area contributed by atoms with E-state index in [1.807, 2.05) is 12.4 Å². The molecule has 0 bridgehead atoms. The molecule has 2 aromatic rings. The first kappa shape index (κ1) is 11.2. The lowest BCUT2D eigenvalue weighted by Crippen LogP contribution is -2.03. The molecular weight excluding hydrogens is 220 g/mol. The monoisotopic (exact) mass is 234 g/mol. The molecule has 84 valence electrons. The third-order valence-corrected chi connectivity index (χ3v) is 3.21. The number of aromatic amines is 1. The minimum Gasteiger partial charge on any atom is -0.285 e. The highest BCUT2D eigenvalue weighted by molar-refractivity contribution is 5.85. The second-order valence-electron chi connectivity index (χ2n) is 4.14. The van der Waals surface area contributed by atoms with Crippen molar-refractivity contribution in [3.05, 3.63) is 41.7 Å². The SMILES string of the molecule is Cl.c1cc2c(c(-c3cn[nH]c3)c1)CCCC2. The van der Waals surface area contributed by atoms with Crippen LogP contribution in [0.15, 0.2) is 30.6 Å². The summed E-state index contributed by atoms with van der Waals surface area (Å²) in [5.74, 6) is 0. The first-order chi connectivity index (χ1) is 7.45. The Morgan fingerprint density at radius 3 is 2.81 bits per heavy atom. The van der Waals surface area contributed by atoms with Crippen molar-refractivity contribution < 1.29 is 0 Å². The fourth-order valence-corrected chi connectivity index (χ4v) is 2.45. The maximum atomic E-state index is 4.02. The van der Waals surface area contributed by atoms with Crippen LogP contribution in [0.1, 0.15) is 24.0 Å². The molecule has 1 aliphatic rings. The Labute approximate surface area is 101 Å². The van der Waals surface area contributed by atoms with E-state index >= 15 is 0 Å². The van der Waals surface area contributed by atoms with E-state index in [1.54, 1.807) is 0 Å². The predicted octanol–water partition coefficient (Wildman–Crippen LogP) is 3.38. The number of fused-ring (bicyclic) bond motifs is 1. The summed E-state index contributed by atoms with van der Waals surface area (Å²) in [5.41, 5.74) is 5.64. The van der Waals surface area contributed by atoms with Crippen LogP contribution in [0, 0.1) is 0 Å². The van der Waals surface area contributed by atoms with E-state index in [0.717, 1.165) is 0 Å². The molecular formula is C13H15ClN2. The number of H-pyrrole nitrogens is 1. The van der Waals surface area contributed by atoms with Crippen LogP contribution < -0.4 is 0 Å². The number of aryl methyl sites for hydroxylation is 1. The highest BCUT2D eigenvalue weighted by Crippen LogP contribution is 2.30. The van der Waals surface area contributed by atoms with E-state index in [2.05, 4.69) is 28.4 Å². The summed E-state index contributed by atoms with van der Waals surface area (Å²) >= 11 is 0. The first-order valence-electron chi connectivity index (χ1n) is 5.55. The van der Waals surface area contributed by atoms with E-state index < -0.39 is 0 Å². The molecule has 3 rings (SSSR count). The highest BCUT2D eigenvalue weighted by Gasteiger charge is 2.13. The van der Waals surface area contributed by atoms with Gasteiger partial charge in [0.15, 0.2) is 0 Å². The molecule has 0 spiro atoms. The third-order valence-electron chi connectivity index (χ3n) is 3.21. The number of nitrogens with one attached hydrogen (secondary N) is 1. The van der Waals surface area contributed by atoms with Crippen LogP contribution in [-0.4, -0.2) is 10.2 Å². The van der Waals surface area contributed by atoms with E-state index in [1.165, 1.54) is 47.9 Å². The Kier molecular flexibility index (Phi) is 3.30. The summed E-state index contributed by atoms with van der Waals surface area (Å²) in [4.78, 5) is 0. The van der Waals surface area contributed by atoms with Gasteiger partial charge in [-0.15, -0.1) is 12.4 Å². The number of hydrogen-bond acceptors (Lipinski definition) is 1. The zero-order valence-corrected chi connectivity index (χ0v) is 9.89. The maximum absolute atomic E-state index is 4.02. The first-order valence-corrected chi connectivity index (χ1v) is 5.55. The lowest BCUT2D eigenvalue weighted by molar-refractivity contribution is 0.687. The number of aromatic nitrogens is 2. The molecule has 0 radical (unpaired) electrons. The van der Waals surface area contributed by atoms with Gasteiger partial charge in [-0.1, -0.05) is 18.2 Å². The Balaban J connectivity index is 0.000000963. The van der Waals surface area contributed by atoms with Crippen molar-refractivity contribution in [2.45, 2.75) is 25.7 Å². The van der Waals surface area contributed by atoms with Gasteiger partial charge in [0.25, 0.3) is 0 Å². The van der Waals surface area contributed by atoms with Crippen LogP contribution in [0.25, 0.3) is 11.1 Å². The fraction of sp³-hybridized carbons (Fsp3) is 0.308. The van der Waals surface area contributed by atoms with Gasteiger partial charge in [0, 0.05) is 11.8 Å². The summed E-state index contributed by atoms with van der Waals surface area (Å²) in [6.45, 7) is 0. The van der Waals surface area contributed by atoms with Gasteiger partial charge in [0.1, 0.15) is 0 Å². The van der Waals surface area contributed by atoms with Gasteiger partial charge in [-0.05, 0) is 42.4 Å². The van der Waals surface area contributed by atoms with Crippen molar-refractivity contribution >= 4 is 12.4 Å². The topological polar surface area (TPSA) is 28.7 Å². The molecule has 0 atom stereocenters. The van der Waals surface area contributed by atoms with Gasteiger partial charge in [-0.3, -0.25) is 5.10 Å². The van der Waals surface area contributed by atoms with Gasteiger partial charge >= 0.3 is 0 Å². The fourth-order valence-electron chi connectivity index (χ4n) is 2.45. The largest absolute Gasteiger partial charge is 0.285 e. The minimum atomic E-state index is 0. The van der Waals surface area contributed by atoms with Crippen molar-refractivity contribution in [1.29, 1.82) is 0 Å². The predicted molar refractivity (Wildman–Crippen MR) is 67.9 cm³/mol. The summed E-state index contributed by atoms with van der Waals surface area (Å²) in [7, 11) is 0. The van der Waals surface area contributed by atoms with Crippen molar-refractivity contribution in [1.82, 2.24) is 10.2 Å². The number of benzene rings is 1. The standard InChI is InChI=1S/C13H14N2.ClH/c1-2-6-12-10(4-1)5-3-7-13(12)11-8-14-15-9-11;/h3,5,7-9H,1-2,4,6H2,(H,14,15);1H. The molecule has 16 heavy (non-hydrogen) atoms. The molecule has 0 amide bonds. The van der Waals surface area contributed by atoms with Crippen LogP contribution in [0.5, 0.6) is 0 Å². The average Bonchev–Trinajstić information content (AvgIpc) is 2.82. The minimum absolute atomic E-state index is 0. The zero-order chi connectivity index (χ0) is 10.1. The lowest BCUT2D eigenvalue weighted by Gasteiger charge is -2.18. The number of rotatable bonds is 1. The summed E-state index contributed by atoms with van der Waals surface area (Å²) in [5, 5.41) is 6.91. The Hall–Kier alpha value is -1.28. The molecule has 0 saturated carbocycles. The molecule has 0 aliphatic heterocycles. The van der Waals surface area contributed by atoms with Gasteiger partial charge in [0.05, 0.1) is 6.20 Å². The molecule has 0 unspecified atom stereocenters. The molecule has 3 heteroatoms. The molecule has 1 heterocycles. The summed E-state index contributed by atoms with van der Waals surface area (Å²) in [6.07, 6.45) is 9.00. The molecule has 1 aromatic carbocycles. The van der Waals surface area contributed by atoms with E-state index in [9.17, 15) is 0 Å². The van der Waals surface area contributed by atoms with Crippen molar-refractivity contribution in [2.75, 3.05) is 0 Å². The van der Waals surface area contributed by atoms with E-state index in [0.29, 0.717) is 0 Å². The third kappa shape index (κ3) is 1.85. The van der Waals surface area contributed by atoms with Gasteiger partial charge in [0.2, 0.25) is 0 Å². The van der Waals surface area contributed by atoms with Gasteiger partial charge in [-0.2, -0.15) is 5.10 Å². The van der Waals surface area contributed by atoms with Gasteiger partial charge < -0.3 is 0 Å². The summed E-state index contributed by atoms with van der Waals surface area (Å²) in [6, 6.07) is 6.62. The molecule has 0 fully saturated rings. The molecule has 1 aromatic heterocycles. The smallest absolute Gasteiger partial charge is 0.0565 e. The normalized spacial score (nSPS) is 14.0. The van der Waals surface area contributed by atoms with Crippen LogP contribution in [0.4, 0.5) is 0 Å². The van der Waals surface area contributed by atoms with Crippen molar-refractivity contribution in [3.63, 3.8) is 0 Å². The lowest BCUT2D eigenvalue weighted by atomic mass is 9.87. The number of nitrogens with zero attached hydrogens (tertiary/aromatic N) is 1. The molecule has 2 nitrogen and oxygen atoms in total.